The molecular formula is C23H20NO3P. The number of nitrogens with zero attached hydrogens (tertiary/aromatic N) is 1. The van der Waals surface area contributed by atoms with E-state index >= 15 is 0 Å². The van der Waals surface area contributed by atoms with Crippen LogP contribution in [0, 0.1) is 0 Å². The molecule has 1 amide bonds. The Morgan fingerprint density at radius 2 is 1.57 bits per heavy atom. The summed E-state index contributed by atoms with van der Waals surface area (Å²) in [7, 11) is -1.55. The van der Waals surface area contributed by atoms with Crippen LogP contribution < -0.4 is 14.7 Å². The van der Waals surface area contributed by atoms with Gasteiger partial charge < -0.3 is 9.42 Å². The summed E-state index contributed by atoms with van der Waals surface area (Å²) in [4.78, 5) is 14.9. The van der Waals surface area contributed by atoms with Crippen molar-refractivity contribution in [3.8, 4) is 16.9 Å². The van der Waals surface area contributed by atoms with E-state index in [0.29, 0.717) is 11.1 Å². The maximum absolute atomic E-state index is 14.2. The maximum atomic E-state index is 14.2. The number of carbonyl (C=O) groups is 1. The number of amides is 1. The van der Waals surface area contributed by atoms with Crippen LogP contribution in [-0.2, 0) is 14.8 Å². The highest BCUT2D eigenvalue weighted by Crippen LogP contribution is 2.59. The van der Waals surface area contributed by atoms with Crippen molar-refractivity contribution in [2.75, 3.05) is 18.1 Å². The van der Waals surface area contributed by atoms with Crippen LogP contribution in [0.25, 0.3) is 11.1 Å². The molecule has 4 nitrogen and oxygen atoms in total. The van der Waals surface area contributed by atoms with Crippen LogP contribution in [0.1, 0.15) is 12.5 Å². The van der Waals surface area contributed by atoms with E-state index in [0.717, 1.165) is 22.4 Å². The number of fused-ring (bicyclic) bond motifs is 4. The van der Waals surface area contributed by atoms with Crippen molar-refractivity contribution in [3.63, 3.8) is 0 Å². The summed E-state index contributed by atoms with van der Waals surface area (Å²) >= 11 is 0. The van der Waals surface area contributed by atoms with Crippen molar-refractivity contribution in [1.82, 2.24) is 0 Å². The summed E-state index contributed by atoms with van der Waals surface area (Å²) in [6.07, 6.45) is 0.130. The molecule has 28 heavy (non-hydrogen) atoms. The van der Waals surface area contributed by atoms with Gasteiger partial charge in [-0.2, -0.15) is 0 Å². The lowest BCUT2D eigenvalue weighted by molar-refractivity contribution is -0.121. The second-order valence-electron chi connectivity index (χ2n) is 7.65. The number of rotatable bonds is 2. The topological polar surface area (TPSA) is 46.6 Å². The molecule has 5 rings (SSSR count). The molecule has 0 bridgehead atoms. The molecule has 0 fully saturated rings. The van der Waals surface area contributed by atoms with Gasteiger partial charge in [0, 0.05) is 18.3 Å². The molecule has 0 aromatic heterocycles. The number of hydrogen-bond donors (Lipinski definition) is 0. The zero-order chi connectivity index (χ0) is 19.5. The summed E-state index contributed by atoms with van der Waals surface area (Å²) in [5.74, 6) is 0.559. The quantitative estimate of drug-likeness (QED) is 0.603. The Labute approximate surface area is 164 Å². The van der Waals surface area contributed by atoms with E-state index in [-0.39, 0.29) is 12.1 Å². The maximum Gasteiger partial charge on any atom is 0.279 e. The molecule has 140 valence electrons. The number of likely N-dealkylation sites (N-methyl/N-ethyl adjacent to an activating group) is 1. The fraction of sp³-hybridized carbons (Fsp3) is 0.174. The molecular weight excluding hydrogens is 369 g/mol. The van der Waals surface area contributed by atoms with Crippen LogP contribution in [0.15, 0.2) is 72.8 Å². The summed E-state index contributed by atoms with van der Waals surface area (Å²) in [5, 5.41) is 0.690. The lowest BCUT2D eigenvalue weighted by atomic mass is 9.86. The summed E-state index contributed by atoms with van der Waals surface area (Å²) in [5.41, 5.74) is 2.72. The van der Waals surface area contributed by atoms with Gasteiger partial charge in [-0.05, 0) is 36.2 Å². The van der Waals surface area contributed by atoms with Crippen LogP contribution in [0.2, 0.25) is 0 Å². The molecule has 5 heteroatoms. The molecule has 0 saturated heterocycles. The molecule has 2 atom stereocenters. The standard InChI is InChI=1S/C23H20NO3P/c1-23(18-11-5-6-12-19(18)24(2)22(23)25)15-28(26)21-14-8-4-10-17(21)16-9-3-7-13-20(16)27-28/h3-14H,15H2,1-2H3. The van der Waals surface area contributed by atoms with Crippen molar-refractivity contribution in [2.24, 2.45) is 0 Å². The Balaban J connectivity index is 1.67. The van der Waals surface area contributed by atoms with Gasteiger partial charge in [0.1, 0.15) is 5.75 Å². The molecule has 0 radical (unpaired) electrons. The van der Waals surface area contributed by atoms with Crippen LogP contribution in [0.4, 0.5) is 5.69 Å². The van der Waals surface area contributed by atoms with E-state index in [1.165, 1.54) is 0 Å². The minimum absolute atomic E-state index is 0.0520. The highest BCUT2D eigenvalue weighted by Gasteiger charge is 2.52. The Hall–Kier alpha value is -2.84. The first-order valence-electron chi connectivity index (χ1n) is 9.29. The second-order valence-corrected chi connectivity index (χ2v) is 9.98. The summed E-state index contributed by atoms with van der Waals surface area (Å²) in [6, 6.07) is 23.0. The Morgan fingerprint density at radius 3 is 2.39 bits per heavy atom. The molecule has 0 saturated carbocycles. The SMILES string of the molecule is CN1C(=O)C(C)(CP2(=O)Oc3ccccc3-c3ccccc32)c2ccccc21. The van der Waals surface area contributed by atoms with Crippen molar-refractivity contribution >= 4 is 24.3 Å². The van der Waals surface area contributed by atoms with Crippen molar-refractivity contribution in [1.29, 1.82) is 0 Å². The van der Waals surface area contributed by atoms with Crippen molar-refractivity contribution in [3.05, 3.63) is 78.4 Å². The number of hydrogen-bond acceptors (Lipinski definition) is 3. The molecule has 0 N–H and O–H groups in total. The first-order valence-corrected chi connectivity index (χ1v) is 11.1. The number of anilines is 1. The first-order chi connectivity index (χ1) is 13.4. The van der Waals surface area contributed by atoms with E-state index in [1.807, 2.05) is 79.7 Å². The molecule has 3 aromatic carbocycles. The normalized spacial score (nSPS) is 24.9. The molecule has 0 aliphatic carbocycles. The van der Waals surface area contributed by atoms with Gasteiger partial charge in [-0.15, -0.1) is 0 Å². The molecule has 0 spiro atoms. The van der Waals surface area contributed by atoms with Gasteiger partial charge in [0.25, 0.3) is 7.37 Å². The average Bonchev–Trinajstić information content (AvgIpc) is 2.90. The molecule has 2 aliphatic rings. The zero-order valence-electron chi connectivity index (χ0n) is 15.8. The third-order valence-corrected chi connectivity index (χ3v) is 8.52. The predicted molar refractivity (Wildman–Crippen MR) is 112 cm³/mol. The van der Waals surface area contributed by atoms with Gasteiger partial charge in [-0.1, -0.05) is 54.6 Å². The minimum atomic E-state index is -3.32. The monoisotopic (exact) mass is 389 g/mol. The summed E-state index contributed by atoms with van der Waals surface area (Å²) < 4.78 is 20.4. The molecule has 2 unspecified atom stereocenters. The van der Waals surface area contributed by atoms with Crippen LogP contribution in [0.5, 0.6) is 5.75 Å². The van der Waals surface area contributed by atoms with Gasteiger partial charge >= 0.3 is 0 Å². The zero-order valence-corrected chi connectivity index (χ0v) is 16.6. The second kappa shape index (κ2) is 5.83. The molecule has 2 heterocycles. The van der Waals surface area contributed by atoms with Crippen LogP contribution in [-0.4, -0.2) is 19.1 Å². The van der Waals surface area contributed by atoms with E-state index in [4.69, 9.17) is 4.52 Å². The van der Waals surface area contributed by atoms with Crippen LogP contribution >= 0.6 is 7.37 Å². The fourth-order valence-electron chi connectivity index (χ4n) is 4.49. The highest BCUT2D eigenvalue weighted by molar-refractivity contribution is 7.68. The van der Waals surface area contributed by atoms with E-state index in [2.05, 4.69) is 0 Å². The fourth-order valence-corrected chi connectivity index (χ4v) is 7.31. The third kappa shape index (κ3) is 2.25. The van der Waals surface area contributed by atoms with Gasteiger partial charge in [0.15, 0.2) is 0 Å². The highest BCUT2D eigenvalue weighted by atomic mass is 31.2. The molecule has 2 aliphatic heterocycles. The number of para-hydroxylation sites is 2. The van der Waals surface area contributed by atoms with Crippen molar-refractivity contribution in [2.45, 2.75) is 12.3 Å². The molecule has 3 aromatic rings. The lowest BCUT2D eigenvalue weighted by Crippen LogP contribution is -2.41. The van der Waals surface area contributed by atoms with E-state index < -0.39 is 12.8 Å². The van der Waals surface area contributed by atoms with Gasteiger partial charge in [-0.3, -0.25) is 9.36 Å². The Morgan fingerprint density at radius 1 is 0.929 bits per heavy atom. The average molecular weight is 389 g/mol. The largest absolute Gasteiger partial charge is 0.439 e. The van der Waals surface area contributed by atoms with Gasteiger partial charge in [0.05, 0.1) is 16.9 Å². The first kappa shape index (κ1) is 17.3. The Bertz CT molecular complexity index is 1170. The minimum Gasteiger partial charge on any atom is -0.439 e. The Kier molecular flexibility index (Phi) is 3.59. The van der Waals surface area contributed by atoms with Gasteiger partial charge in [0.2, 0.25) is 5.91 Å². The third-order valence-electron chi connectivity index (χ3n) is 5.86. The van der Waals surface area contributed by atoms with E-state index in [1.54, 1.807) is 11.9 Å². The predicted octanol–water partition coefficient (Wildman–Crippen LogP) is 4.58. The smallest absolute Gasteiger partial charge is 0.279 e. The lowest BCUT2D eigenvalue weighted by Gasteiger charge is -2.33. The van der Waals surface area contributed by atoms with E-state index in [9.17, 15) is 9.36 Å². The summed E-state index contributed by atoms with van der Waals surface area (Å²) in [6.45, 7) is 1.88. The van der Waals surface area contributed by atoms with Gasteiger partial charge in [-0.25, -0.2) is 0 Å². The van der Waals surface area contributed by atoms with Crippen LogP contribution in [0.3, 0.4) is 0 Å². The number of carbonyl (C=O) groups excluding carboxylic acids is 1. The van der Waals surface area contributed by atoms with Crippen molar-refractivity contribution < 1.29 is 13.9 Å². The number of benzene rings is 3.